The predicted octanol–water partition coefficient (Wildman–Crippen LogP) is 1.84. The van der Waals surface area contributed by atoms with Crippen molar-refractivity contribution in [2.45, 2.75) is 32.4 Å². The summed E-state index contributed by atoms with van der Waals surface area (Å²) < 4.78 is 1.70. The van der Waals surface area contributed by atoms with Gasteiger partial charge < -0.3 is 10.4 Å². The normalized spacial score (nSPS) is 13.3. The molecule has 5 heteroatoms. The molecule has 18 heavy (non-hydrogen) atoms. The summed E-state index contributed by atoms with van der Waals surface area (Å²) in [5, 5.41) is 17.2. The van der Waals surface area contributed by atoms with Crippen molar-refractivity contribution in [1.82, 2.24) is 14.8 Å². The van der Waals surface area contributed by atoms with Gasteiger partial charge in [0.25, 0.3) is 0 Å². The van der Waals surface area contributed by atoms with Gasteiger partial charge in [0.2, 0.25) is 0 Å². The Labute approximate surface area is 106 Å². The lowest BCUT2D eigenvalue weighted by molar-refractivity contribution is 0.0649. The zero-order valence-electron chi connectivity index (χ0n) is 10.8. The van der Waals surface area contributed by atoms with Crippen LogP contribution in [-0.4, -0.2) is 31.5 Å². The highest BCUT2D eigenvalue weighted by Crippen LogP contribution is 2.15. The Hall–Kier alpha value is -1.88. The van der Waals surface area contributed by atoms with Gasteiger partial charge in [-0.05, 0) is 39.0 Å². The Kier molecular flexibility index (Phi) is 3.34. The fourth-order valence-electron chi connectivity index (χ4n) is 1.44. The van der Waals surface area contributed by atoms with Crippen molar-refractivity contribution in [3.05, 3.63) is 36.8 Å². The number of aromatic nitrogens is 3. The van der Waals surface area contributed by atoms with E-state index in [4.69, 9.17) is 0 Å². The highest BCUT2D eigenvalue weighted by Gasteiger charge is 2.21. The molecule has 2 rings (SSSR count). The molecule has 0 amide bonds. The van der Waals surface area contributed by atoms with Crippen molar-refractivity contribution in [2.24, 2.45) is 0 Å². The van der Waals surface area contributed by atoms with Crippen LogP contribution in [0.3, 0.4) is 0 Å². The minimum Gasteiger partial charge on any atom is -0.388 e. The fraction of sp³-hybridized carbons (Fsp3) is 0.385. The number of pyridine rings is 1. The molecule has 2 aromatic rings. The molecule has 0 fully saturated rings. The monoisotopic (exact) mass is 246 g/mol. The molecule has 1 unspecified atom stereocenters. The molecule has 0 bridgehead atoms. The van der Waals surface area contributed by atoms with Gasteiger partial charge in [0.15, 0.2) is 5.82 Å². The van der Waals surface area contributed by atoms with E-state index < -0.39 is 5.60 Å². The minimum atomic E-state index is -0.777. The van der Waals surface area contributed by atoms with Gasteiger partial charge in [0.1, 0.15) is 0 Å². The summed E-state index contributed by atoms with van der Waals surface area (Å²) in [4.78, 5) is 4.31. The Bertz CT molecular complexity index is 485. The number of aliphatic hydroxyl groups is 1. The van der Waals surface area contributed by atoms with E-state index in [1.54, 1.807) is 30.9 Å². The molecule has 2 aromatic heterocycles. The summed E-state index contributed by atoms with van der Waals surface area (Å²) in [6, 6.07) is 5.60. The quantitative estimate of drug-likeness (QED) is 0.864. The third kappa shape index (κ3) is 2.87. The van der Waals surface area contributed by atoms with Crippen LogP contribution in [-0.2, 0) is 0 Å². The van der Waals surface area contributed by atoms with Crippen LogP contribution >= 0.6 is 0 Å². The molecule has 0 saturated carbocycles. The molecule has 0 spiro atoms. The van der Waals surface area contributed by atoms with Crippen molar-refractivity contribution in [2.75, 3.05) is 5.32 Å². The van der Waals surface area contributed by atoms with Crippen LogP contribution in [0.5, 0.6) is 0 Å². The van der Waals surface area contributed by atoms with E-state index in [9.17, 15) is 5.11 Å². The van der Waals surface area contributed by atoms with Crippen molar-refractivity contribution >= 4 is 5.69 Å². The van der Waals surface area contributed by atoms with E-state index in [1.807, 2.05) is 31.3 Å². The SMILES string of the molecule is CC(Nc1ccc(-n2cccn2)nc1)C(C)(C)O. The van der Waals surface area contributed by atoms with Gasteiger partial charge in [-0.15, -0.1) is 0 Å². The average molecular weight is 246 g/mol. The molecule has 5 nitrogen and oxygen atoms in total. The summed E-state index contributed by atoms with van der Waals surface area (Å²) in [7, 11) is 0. The second kappa shape index (κ2) is 4.78. The molecule has 0 saturated heterocycles. The lowest BCUT2D eigenvalue weighted by Gasteiger charge is -2.27. The second-order valence-corrected chi connectivity index (χ2v) is 4.88. The largest absolute Gasteiger partial charge is 0.388 e. The highest BCUT2D eigenvalue weighted by molar-refractivity contribution is 5.44. The highest BCUT2D eigenvalue weighted by atomic mass is 16.3. The maximum Gasteiger partial charge on any atom is 0.153 e. The van der Waals surface area contributed by atoms with E-state index >= 15 is 0 Å². The lowest BCUT2D eigenvalue weighted by Crippen LogP contribution is -2.39. The third-order valence-corrected chi connectivity index (χ3v) is 2.93. The molecular formula is C13H18N4O. The number of rotatable bonds is 4. The lowest BCUT2D eigenvalue weighted by atomic mass is 10.0. The first-order chi connectivity index (χ1) is 8.47. The molecule has 0 aliphatic carbocycles. The first-order valence-electron chi connectivity index (χ1n) is 5.92. The van der Waals surface area contributed by atoms with E-state index in [2.05, 4.69) is 15.4 Å². The Morgan fingerprint density at radius 2 is 2.17 bits per heavy atom. The number of hydrogen-bond donors (Lipinski definition) is 2. The van der Waals surface area contributed by atoms with Gasteiger partial charge in [-0.2, -0.15) is 5.10 Å². The molecule has 96 valence electrons. The minimum absolute atomic E-state index is 0.0603. The van der Waals surface area contributed by atoms with Gasteiger partial charge in [0, 0.05) is 12.4 Å². The van der Waals surface area contributed by atoms with Crippen molar-refractivity contribution < 1.29 is 5.11 Å². The van der Waals surface area contributed by atoms with Crippen LogP contribution in [0.15, 0.2) is 36.8 Å². The Morgan fingerprint density at radius 3 is 2.67 bits per heavy atom. The van der Waals surface area contributed by atoms with Gasteiger partial charge >= 0.3 is 0 Å². The van der Waals surface area contributed by atoms with Crippen LogP contribution in [0.25, 0.3) is 5.82 Å². The van der Waals surface area contributed by atoms with Gasteiger partial charge in [-0.25, -0.2) is 9.67 Å². The van der Waals surface area contributed by atoms with E-state index in [-0.39, 0.29) is 6.04 Å². The van der Waals surface area contributed by atoms with Gasteiger partial charge in [0.05, 0.1) is 23.5 Å². The zero-order chi connectivity index (χ0) is 13.2. The van der Waals surface area contributed by atoms with E-state index in [1.165, 1.54) is 0 Å². The van der Waals surface area contributed by atoms with Crippen molar-refractivity contribution in [3.8, 4) is 5.82 Å². The Balaban J connectivity index is 2.09. The molecule has 2 heterocycles. The summed E-state index contributed by atoms with van der Waals surface area (Å²) >= 11 is 0. The molecule has 1 atom stereocenters. The maximum atomic E-state index is 9.86. The topological polar surface area (TPSA) is 63.0 Å². The fourth-order valence-corrected chi connectivity index (χ4v) is 1.44. The number of hydrogen-bond acceptors (Lipinski definition) is 4. The van der Waals surface area contributed by atoms with E-state index in [0.29, 0.717) is 0 Å². The smallest absolute Gasteiger partial charge is 0.153 e. The van der Waals surface area contributed by atoms with Crippen LogP contribution in [0.2, 0.25) is 0 Å². The molecule has 2 N–H and O–H groups in total. The van der Waals surface area contributed by atoms with Crippen LogP contribution in [0.4, 0.5) is 5.69 Å². The second-order valence-electron chi connectivity index (χ2n) is 4.88. The van der Waals surface area contributed by atoms with Gasteiger partial charge in [-0.1, -0.05) is 0 Å². The van der Waals surface area contributed by atoms with E-state index in [0.717, 1.165) is 11.5 Å². The first-order valence-corrected chi connectivity index (χ1v) is 5.92. The average Bonchev–Trinajstić information content (AvgIpc) is 2.82. The van der Waals surface area contributed by atoms with Gasteiger partial charge in [-0.3, -0.25) is 0 Å². The molecule has 0 aliphatic heterocycles. The standard InChI is InChI=1S/C13H18N4O/c1-10(13(2,3)18)16-11-5-6-12(14-9-11)17-8-4-7-15-17/h4-10,16,18H,1-3H3. The molecule has 0 aromatic carbocycles. The maximum absolute atomic E-state index is 9.86. The van der Waals surface area contributed by atoms with Crippen molar-refractivity contribution in [1.29, 1.82) is 0 Å². The predicted molar refractivity (Wildman–Crippen MR) is 70.7 cm³/mol. The first kappa shape index (κ1) is 12.6. The van der Waals surface area contributed by atoms with Crippen LogP contribution in [0, 0.1) is 0 Å². The molecule has 0 aliphatic rings. The van der Waals surface area contributed by atoms with Crippen molar-refractivity contribution in [3.63, 3.8) is 0 Å². The number of anilines is 1. The van der Waals surface area contributed by atoms with Crippen LogP contribution in [0.1, 0.15) is 20.8 Å². The summed E-state index contributed by atoms with van der Waals surface area (Å²) in [5.74, 6) is 0.765. The summed E-state index contributed by atoms with van der Waals surface area (Å²) in [6.07, 6.45) is 5.29. The third-order valence-electron chi connectivity index (χ3n) is 2.93. The summed E-state index contributed by atoms with van der Waals surface area (Å²) in [6.45, 7) is 5.48. The Morgan fingerprint density at radius 1 is 1.39 bits per heavy atom. The van der Waals surface area contributed by atoms with Crippen LogP contribution < -0.4 is 5.32 Å². The molecular weight excluding hydrogens is 228 g/mol. The summed E-state index contributed by atoms with van der Waals surface area (Å²) in [5.41, 5.74) is 0.0984. The number of nitrogens with zero attached hydrogens (tertiary/aromatic N) is 3. The molecule has 0 radical (unpaired) electrons. The zero-order valence-corrected chi connectivity index (χ0v) is 10.8. The number of nitrogens with one attached hydrogen (secondary N) is 1.